The molecule has 0 radical (unpaired) electrons. The number of allylic oxidation sites excluding steroid dienone is 6. The first-order valence-electron chi connectivity index (χ1n) is 4.71. The smallest absolute Gasteiger partial charge is 0.0663 e. The molecule has 0 atom stereocenters. The van der Waals surface area contributed by atoms with E-state index in [0.717, 1.165) is 12.8 Å². The van der Waals surface area contributed by atoms with Crippen LogP contribution in [0.1, 0.15) is 32.6 Å². The van der Waals surface area contributed by atoms with Gasteiger partial charge in [-0.25, -0.2) is 0 Å². The zero-order chi connectivity index (χ0) is 9.78. The van der Waals surface area contributed by atoms with Crippen molar-refractivity contribution in [3.05, 3.63) is 36.5 Å². The molecule has 0 aliphatic carbocycles. The number of rotatable bonds is 6. The lowest BCUT2D eigenvalue weighted by Gasteiger charge is -1.87. The normalized spacial score (nSPS) is 11.7. The Labute approximate surface area is 81.1 Å². The molecule has 1 nitrogen and oxygen atoms in total. The Morgan fingerprint density at radius 2 is 1.77 bits per heavy atom. The summed E-state index contributed by atoms with van der Waals surface area (Å²) in [7, 11) is 0. The van der Waals surface area contributed by atoms with Gasteiger partial charge in [0.25, 0.3) is 0 Å². The summed E-state index contributed by atoms with van der Waals surface area (Å²) < 4.78 is 0. The molecule has 0 saturated heterocycles. The second-order valence-electron chi connectivity index (χ2n) is 2.72. The summed E-state index contributed by atoms with van der Waals surface area (Å²) >= 11 is 0. The van der Waals surface area contributed by atoms with Gasteiger partial charge < -0.3 is 0 Å². The number of hydrogen-bond donors (Lipinski definition) is 0. The maximum absolute atomic E-state index is 8.23. The minimum Gasteiger partial charge on any atom is -0.198 e. The van der Waals surface area contributed by atoms with Gasteiger partial charge in [-0.1, -0.05) is 36.5 Å². The van der Waals surface area contributed by atoms with Crippen molar-refractivity contribution >= 4 is 0 Å². The van der Waals surface area contributed by atoms with Crippen LogP contribution in [-0.4, -0.2) is 0 Å². The Morgan fingerprint density at radius 1 is 1.08 bits per heavy atom. The van der Waals surface area contributed by atoms with Crippen molar-refractivity contribution in [2.45, 2.75) is 32.6 Å². The molecule has 0 heterocycles. The molecule has 0 aromatic rings. The zero-order valence-electron chi connectivity index (χ0n) is 8.24. The van der Waals surface area contributed by atoms with Gasteiger partial charge in [-0.2, -0.15) is 5.26 Å². The summed E-state index contributed by atoms with van der Waals surface area (Å²) in [5.74, 6) is 0. The van der Waals surface area contributed by atoms with Gasteiger partial charge in [0.1, 0.15) is 0 Å². The fourth-order valence-electron chi connectivity index (χ4n) is 0.894. The summed E-state index contributed by atoms with van der Waals surface area (Å²) in [5.41, 5.74) is 0. The fraction of sp³-hybridized carbons (Fsp3) is 0.417. The largest absolute Gasteiger partial charge is 0.198 e. The highest BCUT2D eigenvalue weighted by Gasteiger charge is 1.78. The first kappa shape index (κ1) is 11.7. The average molecular weight is 175 g/mol. The molecule has 0 aromatic carbocycles. The van der Waals surface area contributed by atoms with Crippen molar-refractivity contribution in [3.63, 3.8) is 0 Å². The predicted octanol–water partition coefficient (Wildman–Crippen LogP) is 3.76. The number of nitriles is 1. The van der Waals surface area contributed by atoms with Gasteiger partial charge in [0, 0.05) is 0 Å². The molecule has 0 unspecified atom stereocenters. The Kier molecular flexibility index (Phi) is 9.65. The van der Waals surface area contributed by atoms with E-state index in [1.807, 2.05) is 25.2 Å². The second-order valence-corrected chi connectivity index (χ2v) is 2.72. The van der Waals surface area contributed by atoms with Crippen molar-refractivity contribution in [2.75, 3.05) is 0 Å². The van der Waals surface area contributed by atoms with Crippen LogP contribution in [0.15, 0.2) is 36.5 Å². The third-order valence-corrected chi connectivity index (χ3v) is 1.57. The van der Waals surface area contributed by atoms with Crippen molar-refractivity contribution in [1.29, 1.82) is 5.26 Å². The highest BCUT2D eigenvalue weighted by molar-refractivity contribution is 5.04. The molecule has 0 saturated carbocycles. The molecule has 0 bridgehead atoms. The van der Waals surface area contributed by atoms with Gasteiger partial charge in [0.15, 0.2) is 0 Å². The molecule has 13 heavy (non-hydrogen) atoms. The summed E-state index contributed by atoms with van der Waals surface area (Å²) in [6.45, 7) is 2.04. The van der Waals surface area contributed by atoms with E-state index in [1.165, 1.54) is 6.42 Å². The minimum atomic E-state index is 0.503. The van der Waals surface area contributed by atoms with E-state index in [4.69, 9.17) is 5.26 Å². The molecule has 0 spiro atoms. The van der Waals surface area contributed by atoms with Crippen LogP contribution >= 0.6 is 0 Å². The highest BCUT2D eigenvalue weighted by atomic mass is 14.2. The van der Waals surface area contributed by atoms with Crippen LogP contribution in [0.3, 0.4) is 0 Å². The van der Waals surface area contributed by atoms with Crippen LogP contribution in [-0.2, 0) is 0 Å². The molecule has 0 amide bonds. The summed E-state index contributed by atoms with van der Waals surface area (Å²) in [6.07, 6.45) is 16.2. The third-order valence-electron chi connectivity index (χ3n) is 1.57. The van der Waals surface area contributed by atoms with Gasteiger partial charge in [-0.05, 0) is 26.2 Å². The van der Waals surface area contributed by atoms with E-state index in [9.17, 15) is 0 Å². The maximum atomic E-state index is 8.23. The Morgan fingerprint density at radius 3 is 2.46 bits per heavy atom. The predicted molar refractivity (Wildman–Crippen MR) is 57.2 cm³/mol. The van der Waals surface area contributed by atoms with Gasteiger partial charge in [-0.3, -0.25) is 0 Å². The molecule has 0 aliphatic heterocycles. The van der Waals surface area contributed by atoms with Gasteiger partial charge >= 0.3 is 0 Å². The van der Waals surface area contributed by atoms with Crippen molar-refractivity contribution in [1.82, 2.24) is 0 Å². The van der Waals surface area contributed by atoms with Crippen LogP contribution in [0.4, 0.5) is 0 Å². The molecule has 0 rings (SSSR count). The molecule has 0 aliphatic rings. The van der Waals surface area contributed by atoms with Crippen molar-refractivity contribution < 1.29 is 0 Å². The third kappa shape index (κ3) is 10.7. The van der Waals surface area contributed by atoms with E-state index in [2.05, 4.69) is 24.3 Å². The molecule has 0 fully saturated rings. The number of hydrogen-bond acceptors (Lipinski definition) is 1. The van der Waals surface area contributed by atoms with Crippen molar-refractivity contribution in [3.8, 4) is 6.07 Å². The van der Waals surface area contributed by atoms with Crippen LogP contribution in [0.25, 0.3) is 0 Å². The molecule has 0 N–H and O–H groups in total. The monoisotopic (exact) mass is 175 g/mol. The zero-order valence-corrected chi connectivity index (χ0v) is 8.24. The van der Waals surface area contributed by atoms with Crippen LogP contribution in [0.5, 0.6) is 0 Å². The van der Waals surface area contributed by atoms with Gasteiger partial charge in [0.05, 0.1) is 12.5 Å². The SMILES string of the molecule is C/C=C/CCC/C=C/C=C/CC#N. The first-order valence-corrected chi connectivity index (χ1v) is 4.71. The van der Waals surface area contributed by atoms with E-state index >= 15 is 0 Å². The summed E-state index contributed by atoms with van der Waals surface area (Å²) in [4.78, 5) is 0. The number of nitrogens with zero attached hydrogens (tertiary/aromatic N) is 1. The van der Waals surface area contributed by atoms with Crippen LogP contribution < -0.4 is 0 Å². The highest BCUT2D eigenvalue weighted by Crippen LogP contribution is 1.97. The molecule has 1 heteroatoms. The van der Waals surface area contributed by atoms with E-state index in [1.54, 1.807) is 0 Å². The Balaban J connectivity index is 3.27. The maximum Gasteiger partial charge on any atom is 0.0663 e. The van der Waals surface area contributed by atoms with Crippen LogP contribution in [0, 0.1) is 11.3 Å². The first-order chi connectivity index (χ1) is 6.41. The van der Waals surface area contributed by atoms with Crippen LogP contribution in [0.2, 0.25) is 0 Å². The molecule has 70 valence electrons. The quantitative estimate of drug-likeness (QED) is 0.342. The topological polar surface area (TPSA) is 23.8 Å². The van der Waals surface area contributed by atoms with Gasteiger partial charge in [0.2, 0.25) is 0 Å². The van der Waals surface area contributed by atoms with E-state index < -0.39 is 0 Å². The molecule has 0 aromatic heterocycles. The average Bonchev–Trinajstić information content (AvgIpc) is 2.16. The lowest BCUT2D eigenvalue weighted by Crippen LogP contribution is -1.67. The molecular weight excluding hydrogens is 158 g/mol. The molecular formula is C12H17N. The minimum absolute atomic E-state index is 0.503. The van der Waals surface area contributed by atoms with E-state index in [0.29, 0.717) is 6.42 Å². The standard InChI is InChI=1S/C12H17N/c1-2-3-4-5-6-7-8-9-10-11-12-13/h2-3,7-10H,4-6,11H2,1H3/b3-2+,8-7+,10-9+. The fourth-order valence-corrected chi connectivity index (χ4v) is 0.894. The summed E-state index contributed by atoms with van der Waals surface area (Å²) in [6, 6.07) is 2.06. The second kappa shape index (κ2) is 10.7. The van der Waals surface area contributed by atoms with E-state index in [-0.39, 0.29) is 0 Å². The Hall–Kier alpha value is -1.29. The van der Waals surface area contributed by atoms with Gasteiger partial charge in [-0.15, -0.1) is 0 Å². The lowest BCUT2D eigenvalue weighted by atomic mass is 10.2. The van der Waals surface area contributed by atoms with Crippen molar-refractivity contribution in [2.24, 2.45) is 0 Å². The number of unbranched alkanes of at least 4 members (excludes halogenated alkanes) is 2. The Bertz CT molecular complexity index is 216. The lowest BCUT2D eigenvalue weighted by molar-refractivity contribution is 0.867. The summed E-state index contributed by atoms with van der Waals surface area (Å²) in [5, 5.41) is 8.23.